The molecular weight excluding hydrogens is 320 g/mol. The average molecular weight is 346 g/mol. The number of likely N-dealkylation sites (tertiary alicyclic amines) is 1. The van der Waals surface area contributed by atoms with Crippen LogP contribution in [0, 0.1) is 0 Å². The highest BCUT2D eigenvalue weighted by Crippen LogP contribution is 2.25. The Kier molecular flexibility index (Phi) is 7.16. The van der Waals surface area contributed by atoms with Crippen LogP contribution in [0.15, 0.2) is 29.8 Å². The van der Waals surface area contributed by atoms with E-state index in [1.54, 1.807) is 19.3 Å². The van der Waals surface area contributed by atoms with E-state index in [0.29, 0.717) is 24.3 Å². The fraction of sp³-hybridized carbons (Fsp3) is 0.474. The number of carbonyl (C=O) groups is 2. The first-order valence-electron chi connectivity index (χ1n) is 8.66. The van der Waals surface area contributed by atoms with E-state index in [-0.39, 0.29) is 12.3 Å². The van der Waals surface area contributed by atoms with Crippen LogP contribution in [0.1, 0.15) is 44.1 Å². The first-order chi connectivity index (χ1) is 12.1. The van der Waals surface area contributed by atoms with Gasteiger partial charge < -0.3 is 15.6 Å². The number of amides is 2. The third kappa shape index (κ3) is 5.14. The summed E-state index contributed by atoms with van der Waals surface area (Å²) in [5.74, 6) is -0.0867. The van der Waals surface area contributed by atoms with E-state index < -0.39 is 12.1 Å². The van der Waals surface area contributed by atoms with Gasteiger partial charge in [-0.05, 0) is 49.6 Å². The van der Waals surface area contributed by atoms with Crippen LogP contribution in [0.5, 0.6) is 5.75 Å². The van der Waals surface area contributed by atoms with Gasteiger partial charge in [-0.15, -0.1) is 0 Å². The molecule has 0 aliphatic carbocycles. The van der Waals surface area contributed by atoms with Crippen molar-refractivity contribution in [2.24, 2.45) is 5.73 Å². The molecule has 0 aromatic heterocycles. The largest absolute Gasteiger partial charge is 0.497 e. The Labute approximate surface area is 148 Å². The predicted molar refractivity (Wildman–Crippen MR) is 95.6 cm³/mol. The number of hydrogen-bond donors (Lipinski definition) is 2. The molecule has 1 aromatic carbocycles. The Morgan fingerprint density at radius 3 is 2.76 bits per heavy atom. The molecule has 0 bridgehead atoms. The number of imide groups is 1. The van der Waals surface area contributed by atoms with Crippen molar-refractivity contribution >= 4 is 17.9 Å². The molecule has 25 heavy (non-hydrogen) atoms. The summed E-state index contributed by atoms with van der Waals surface area (Å²) in [4.78, 5) is 25.6. The van der Waals surface area contributed by atoms with Crippen molar-refractivity contribution in [3.63, 3.8) is 0 Å². The number of methoxy groups -OCH3 is 1. The maximum Gasteiger partial charge on any atom is 0.259 e. The number of nitrogens with zero attached hydrogens (tertiary/aromatic N) is 1. The van der Waals surface area contributed by atoms with Crippen LogP contribution in [-0.4, -0.2) is 41.7 Å². The number of hydrogen-bond acceptors (Lipinski definition) is 5. The van der Waals surface area contributed by atoms with Crippen molar-refractivity contribution in [1.29, 1.82) is 0 Å². The van der Waals surface area contributed by atoms with E-state index in [1.165, 1.54) is 0 Å². The molecule has 1 aromatic rings. The second-order valence-corrected chi connectivity index (χ2v) is 6.16. The van der Waals surface area contributed by atoms with E-state index >= 15 is 0 Å². The second kappa shape index (κ2) is 9.34. The van der Waals surface area contributed by atoms with Crippen LogP contribution in [0.25, 0.3) is 6.08 Å². The van der Waals surface area contributed by atoms with Crippen LogP contribution in [0.3, 0.4) is 0 Å². The van der Waals surface area contributed by atoms with Crippen molar-refractivity contribution < 1.29 is 19.4 Å². The normalized spacial score (nSPS) is 17.4. The molecule has 6 heteroatoms. The molecule has 1 aliphatic rings. The Bertz CT molecular complexity index is 642. The van der Waals surface area contributed by atoms with Gasteiger partial charge in [0.25, 0.3) is 5.91 Å². The number of ether oxygens (including phenoxy) is 1. The smallest absolute Gasteiger partial charge is 0.259 e. The molecule has 1 atom stereocenters. The Morgan fingerprint density at radius 1 is 1.28 bits per heavy atom. The zero-order valence-electron chi connectivity index (χ0n) is 14.6. The lowest BCUT2D eigenvalue weighted by Gasteiger charge is -2.20. The van der Waals surface area contributed by atoms with Crippen LogP contribution < -0.4 is 10.5 Å². The lowest BCUT2D eigenvalue weighted by Crippen LogP contribution is -2.39. The van der Waals surface area contributed by atoms with Crippen LogP contribution in [0.4, 0.5) is 0 Å². The molecular formula is C19H26N2O4. The number of aliphatic hydroxyl groups excluding tert-OH is 1. The molecule has 2 rings (SSSR count). The molecule has 0 saturated carbocycles. The van der Waals surface area contributed by atoms with Gasteiger partial charge in [-0.2, -0.15) is 0 Å². The lowest BCUT2D eigenvalue weighted by molar-refractivity contribution is -0.148. The molecule has 1 aliphatic heterocycles. The topological polar surface area (TPSA) is 92.9 Å². The summed E-state index contributed by atoms with van der Waals surface area (Å²) in [5.41, 5.74) is 6.62. The summed E-state index contributed by atoms with van der Waals surface area (Å²) in [6.45, 7) is 0.657. The van der Waals surface area contributed by atoms with Crippen molar-refractivity contribution in [3.05, 3.63) is 35.4 Å². The molecule has 2 amide bonds. The molecule has 3 N–H and O–H groups in total. The van der Waals surface area contributed by atoms with Gasteiger partial charge in [0.2, 0.25) is 5.91 Å². The highest BCUT2D eigenvalue weighted by molar-refractivity contribution is 6.15. The second-order valence-electron chi connectivity index (χ2n) is 6.16. The molecule has 1 unspecified atom stereocenters. The molecule has 0 spiro atoms. The molecule has 1 saturated heterocycles. The minimum absolute atomic E-state index is 0.0142. The molecule has 0 radical (unpaired) electrons. The molecule has 6 nitrogen and oxygen atoms in total. The van der Waals surface area contributed by atoms with E-state index in [4.69, 9.17) is 10.5 Å². The van der Waals surface area contributed by atoms with Crippen LogP contribution >= 0.6 is 0 Å². The summed E-state index contributed by atoms with van der Waals surface area (Å²) < 4.78 is 5.16. The minimum Gasteiger partial charge on any atom is -0.497 e. The summed E-state index contributed by atoms with van der Waals surface area (Å²) >= 11 is 0. The summed E-state index contributed by atoms with van der Waals surface area (Å²) in [5, 5.41) is 10.2. The van der Waals surface area contributed by atoms with Crippen molar-refractivity contribution in [1.82, 2.24) is 4.90 Å². The average Bonchev–Trinajstić information content (AvgIpc) is 2.88. The summed E-state index contributed by atoms with van der Waals surface area (Å²) in [7, 11) is 1.57. The number of rotatable bonds is 9. The van der Waals surface area contributed by atoms with Gasteiger partial charge in [0.15, 0.2) is 0 Å². The fourth-order valence-electron chi connectivity index (χ4n) is 2.89. The summed E-state index contributed by atoms with van der Waals surface area (Å²) in [6, 6.07) is 7.26. The van der Waals surface area contributed by atoms with Gasteiger partial charge in [-0.3, -0.25) is 14.5 Å². The maximum absolute atomic E-state index is 12.5. The number of nitrogens with two attached hydrogens (primary N) is 1. The van der Waals surface area contributed by atoms with Gasteiger partial charge >= 0.3 is 0 Å². The summed E-state index contributed by atoms with van der Waals surface area (Å²) in [6.07, 6.45) is 4.65. The van der Waals surface area contributed by atoms with Crippen LogP contribution in [-0.2, 0) is 9.59 Å². The molecule has 1 heterocycles. The quantitative estimate of drug-likeness (QED) is 0.406. The first kappa shape index (κ1) is 19.1. The van der Waals surface area contributed by atoms with Crippen molar-refractivity contribution in [2.75, 3.05) is 13.7 Å². The SMILES string of the molecule is COc1cccc(/C=C2\CC(=O)N(C(O)CCCCCCN)C2=O)c1. The molecule has 136 valence electrons. The third-order valence-corrected chi connectivity index (χ3v) is 4.25. The predicted octanol–water partition coefficient (Wildman–Crippen LogP) is 2.07. The van der Waals surface area contributed by atoms with E-state index in [2.05, 4.69) is 0 Å². The van der Waals surface area contributed by atoms with Gasteiger partial charge in [-0.1, -0.05) is 25.0 Å². The Balaban J connectivity index is 1.99. The fourth-order valence-corrected chi connectivity index (χ4v) is 2.89. The van der Waals surface area contributed by atoms with Gasteiger partial charge in [0.1, 0.15) is 12.0 Å². The Morgan fingerprint density at radius 2 is 2.04 bits per heavy atom. The standard InChI is InChI=1S/C19H26N2O4/c1-25-16-8-6-7-14(12-16)11-15-13-18(23)21(19(15)24)17(22)9-4-2-3-5-10-20/h6-8,11-12,17,22H,2-5,9-10,13,20H2,1H3/b15-11+. The lowest BCUT2D eigenvalue weighted by atomic mass is 10.1. The number of unbranched alkanes of at least 4 members (excludes halogenated alkanes) is 3. The van der Waals surface area contributed by atoms with E-state index in [1.807, 2.05) is 18.2 Å². The van der Waals surface area contributed by atoms with Gasteiger partial charge in [-0.25, -0.2) is 0 Å². The maximum atomic E-state index is 12.5. The first-order valence-corrected chi connectivity index (χ1v) is 8.66. The number of aliphatic hydroxyl groups is 1. The highest BCUT2D eigenvalue weighted by atomic mass is 16.5. The van der Waals surface area contributed by atoms with Crippen molar-refractivity contribution in [3.8, 4) is 5.75 Å². The van der Waals surface area contributed by atoms with Crippen LogP contribution in [0.2, 0.25) is 0 Å². The van der Waals surface area contributed by atoms with E-state index in [0.717, 1.165) is 36.1 Å². The zero-order valence-corrected chi connectivity index (χ0v) is 14.6. The number of benzene rings is 1. The highest BCUT2D eigenvalue weighted by Gasteiger charge is 2.37. The monoisotopic (exact) mass is 346 g/mol. The Hall–Kier alpha value is -2.18. The molecule has 1 fully saturated rings. The number of carbonyl (C=O) groups excluding carboxylic acids is 2. The zero-order chi connectivity index (χ0) is 18.2. The van der Waals surface area contributed by atoms with Crippen molar-refractivity contribution in [2.45, 2.75) is 44.8 Å². The third-order valence-electron chi connectivity index (χ3n) is 4.25. The van der Waals surface area contributed by atoms with E-state index in [9.17, 15) is 14.7 Å². The van der Waals surface area contributed by atoms with Gasteiger partial charge in [0, 0.05) is 5.57 Å². The minimum atomic E-state index is -1.06. The van der Waals surface area contributed by atoms with Gasteiger partial charge in [0.05, 0.1) is 13.5 Å².